The average molecular weight is 260 g/mol. The topological polar surface area (TPSA) is 35.5 Å². The highest BCUT2D eigenvalue weighted by Gasteiger charge is 2.48. The van der Waals surface area contributed by atoms with E-state index < -0.39 is 0 Å². The normalized spacial score (nSPS) is 32.6. The van der Waals surface area contributed by atoms with Crippen molar-refractivity contribution >= 4 is 6.29 Å². The standard InChI is InChI=1S/C16H20O3/c17-9-8-13-14(16-7-6-15(13)19-16)11-18-10-12-4-2-1-3-5-12/h1-5,9,13-16H,6-8,10-11H2. The van der Waals surface area contributed by atoms with Crippen molar-refractivity contribution in [3.05, 3.63) is 35.9 Å². The van der Waals surface area contributed by atoms with Gasteiger partial charge in [0.1, 0.15) is 6.29 Å². The Balaban J connectivity index is 1.53. The van der Waals surface area contributed by atoms with Crippen LogP contribution < -0.4 is 0 Å². The van der Waals surface area contributed by atoms with Gasteiger partial charge < -0.3 is 14.3 Å². The van der Waals surface area contributed by atoms with Crippen molar-refractivity contribution in [2.24, 2.45) is 11.8 Å². The van der Waals surface area contributed by atoms with Crippen LogP contribution in [0.5, 0.6) is 0 Å². The van der Waals surface area contributed by atoms with Crippen LogP contribution in [-0.2, 0) is 20.9 Å². The van der Waals surface area contributed by atoms with E-state index in [1.165, 1.54) is 5.56 Å². The average Bonchev–Trinajstić information content (AvgIpc) is 3.03. The molecule has 2 fully saturated rings. The lowest BCUT2D eigenvalue weighted by atomic mass is 9.78. The fraction of sp³-hybridized carbons (Fsp3) is 0.562. The number of benzene rings is 1. The number of carbonyl (C=O) groups is 1. The first kappa shape index (κ1) is 12.8. The third-order valence-electron chi connectivity index (χ3n) is 4.38. The van der Waals surface area contributed by atoms with Gasteiger partial charge in [-0.05, 0) is 24.3 Å². The van der Waals surface area contributed by atoms with E-state index in [-0.39, 0.29) is 0 Å². The van der Waals surface area contributed by atoms with Crippen LogP contribution >= 0.6 is 0 Å². The monoisotopic (exact) mass is 260 g/mol. The SMILES string of the molecule is O=CCC1C2CCC(O2)C1COCc1ccccc1. The predicted octanol–water partition coefficient (Wildman–Crippen LogP) is 2.59. The smallest absolute Gasteiger partial charge is 0.120 e. The second kappa shape index (κ2) is 5.85. The Labute approximate surface area is 113 Å². The zero-order valence-electron chi connectivity index (χ0n) is 11.0. The molecule has 4 unspecified atom stereocenters. The minimum Gasteiger partial charge on any atom is -0.376 e. The van der Waals surface area contributed by atoms with Gasteiger partial charge in [-0.3, -0.25) is 0 Å². The van der Waals surface area contributed by atoms with Gasteiger partial charge in [-0.1, -0.05) is 30.3 Å². The summed E-state index contributed by atoms with van der Waals surface area (Å²) in [4.78, 5) is 10.8. The largest absolute Gasteiger partial charge is 0.376 e. The number of hydrogen-bond donors (Lipinski definition) is 0. The fourth-order valence-corrected chi connectivity index (χ4v) is 3.43. The Hall–Kier alpha value is -1.19. The van der Waals surface area contributed by atoms with E-state index in [4.69, 9.17) is 9.47 Å². The highest BCUT2D eigenvalue weighted by molar-refractivity contribution is 5.50. The maximum Gasteiger partial charge on any atom is 0.120 e. The van der Waals surface area contributed by atoms with Crippen molar-refractivity contribution in [1.29, 1.82) is 0 Å². The highest BCUT2D eigenvalue weighted by atomic mass is 16.5. The zero-order chi connectivity index (χ0) is 13.1. The maximum atomic E-state index is 10.8. The predicted molar refractivity (Wildman–Crippen MR) is 71.7 cm³/mol. The summed E-state index contributed by atoms with van der Waals surface area (Å²) in [6.45, 7) is 1.34. The molecule has 2 aliphatic rings. The van der Waals surface area contributed by atoms with Crippen molar-refractivity contribution in [2.75, 3.05) is 6.61 Å². The Morgan fingerprint density at radius 1 is 1.16 bits per heavy atom. The van der Waals surface area contributed by atoms with E-state index in [9.17, 15) is 4.79 Å². The molecule has 2 bridgehead atoms. The minimum absolute atomic E-state index is 0.292. The van der Waals surface area contributed by atoms with Gasteiger partial charge >= 0.3 is 0 Å². The summed E-state index contributed by atoms with van der Waals surface area (Å²) in [6.07, 6.45) is 4.48. The molecule has 0 N–H and O–H groups in total. The van der Waals surface area contributed by atoms with Crippen molar-refractivity contribution in [3.8, 4) is 0 Å². The molecule has 2 saturated heterocycles. The van der Waals surface area contributed by atoms with Crippen LogP contribution in [0.3, 0.4) is 0 Å². The quantitative estimate of drug-likeness (QED) is 0.737. The van der Waals surface area contributed by atoms with Crippen molar-refractivity contribution in [1.82, 2.24) is 0 Å². The van der Waals surface area contributed by atoms with Crippen LogP contribution in [-0.4, -0.2) is 25.1 Å². The first-order valence-corrected chi connectivity index (χ1v) is 7.09. The molecule has 3 nitrogen and oxygen atoms in total. The van der Waals surface area contributed by atoms with Gasteiger partial charge in [0.05, 0.1) is 25.4 Å². The lowest BCUT2D eigenvalue weighted by Gasteiger charge is -2.26. The second-order valence-electron chi connectivity index (χ2n) is 5.52. The summed E-state index contributed by atoms with van der Waals surface area (Å²) in [6, 6.07) is 10.2. The van der Waals surface area contributed by atoms with Crippen LogP contribution in [0.15, 0.2) is 30.3 Å². The molecule has 0 spiro atoms. The van der Waals surface area contributed by atoms with Crippen molar-refractivity contribution in [2.45, 2.75) is 38.1 Å². The molecule has 3 rings (SSSR count). The maximum absolute atomic E-state index is 10.8. The van der Waals surface area contributed by atoms with Crippen molar-refractivity contribution < 1.29 is 14.3 Å². The number of fused-ring (bicyclic) bond motifs is 2. The Morgan fingerprint density at radius 2 is 1.89 bits per heavy atom. The van der Waals surface area contributed by atoms with Gasteiger partial charge in [0.2, 0.25) is 0 Å². The number of ether oxygens (including phenoxy) is 2. The van der Waals surface area contributed by atoms with E-state index in [2.05, 4.69) is 12.1 Å². The van der Waals surface area contributed by atoms with Gasteiger partial charge in [-0.2, -0.15) is 0 Å². The van der Waals surface area contributed by atoms with Crippen LogP contribution in [0.4, 0.5) is 0 Å². The molecule has 1 aromatic rings. The number of hydrogen-bond acceptors (Lipinski definition) is 3. The lowest BCUT2D eigenvalue weighted by molar-refractivity contribution is -0.109. The van der Waals surface area contributed by atoms with Crippen molar-refractivity contribution in [3.63, 3.8) is 0 Å². The molecule has 1 aromatic carbocycles. The molecule has 2 heterocycles. The molecule has 4 atom stereocenters. The van der Waals surface area contributed by atoms with Crippen LogP contribution in [0.1, 0.15) is 24.8 Å². The summed E-state index contributed by atoms with van der Waals surface area (Å²) >= 11 is 0. The van der Waals surface area contributed by atoms with E-state index in [0.29, 0.717) is 43.7 Å². The Morgan fingerprint density at radius 3 is 2.63 bits per heavy atom. The first-order chi connectivity index (χ1) is 9.38. The first-order valence-electron chi connectivity index (χ1n) is 7.09. The zero-order valence-corrected chi connectivity index (χ0v) is 11.0. The van der Waals surface area contributed by atoms with Gasteiger partial charge in [0, 0.05) is 12.3 Å². The summed E-state index contributed by atoms with van der Waals surface area (Å²) in [7, 11) is 0. The summed E-state index contributed by atoms with van der Waals surface area (Å²) in [5.41, 5.74) is 1.19. The molecule has 0 amide bonds. The number of rotatable bonds is 6. The van der Waals surface area contributed by atoms with Gasteiger partial charge in [-0.15, -0.1) is 0 Å². The summed E-state index contributed by atoms with van der Waals surface area (Å²) in [5, 5.41) is 0. The summed E-state index contributed by atoms with van der Waals surface area (Å²) < 4.78 is 11.8. The van der Waals surface area contributed by atoms with Crippen LogP contribution in [0.2, 0.25) is 0 Å². The fourth-order valence-electron chi connectivity index (χ4n) is 3.43. The van der Waals surface area contributed by atoms with Crippen LogP contribution in [0.25, 0.3) is 0 Å². The second-order valence-corrected chi connectivity index (χ2v) is 5.52. The molecule has 2 aliphatic heterocycles. The summed E-state index contributed by atoms with van der Waals surface area (Å²) in [5.74, 6) is 0.764. The third kappa shape index (κ3) is 2.72. The molecule has 0 radical (unpaired) electrons. The number of aldehydes is 1. The molecule has 19 heavy (non-hydrogen) atoms. The van der Waals surface area contributed by atoms with Gasteiger partial charge in [0.15, 0.2) is 0 Å². The molecular formula is C16H20O3. The molecular weight excluding hydrogens is 240 g/mol. The molecule has 102 valence electrons. The Bertz CT molecular complexity index is 417. The Kier molecular flexibility index (Phi) is 3.95. The van der Waals surface area contributed by atoms with E-state index in [1.54, 1.807) is 0 Å². The van der Waals surface area contributed by atoms with E-state index in [1.807, 2.05) is 18.2 Å². The van der Waals surface area contributed by atoms with E-state index >= 15 is 0 Å². The molecule has 0 saturated carbocycles. The molecule has 0 aromatic heterocycles. The molecule has 3 heteroatoms. The highest BCUT2D eigenvalue weighted by Crippen LogP contribution is 2.44. The van der Waals surface area contributed by atoms with Gasteiger partial charge in [-0.25, -0.2) is 0 Å². The van der Waals surface area contributed by atoms with Crippen LogP contribution in [0, 0.1) is 11.8 Å². The van der Waals surface area contributed by atoms with E-state index in [0.717, 1.165) is 19.1 Å². The number of carbonyl (C=O) groups excluding carboxylic acids is 1. The van der Waals surface area contributed by atoms with Gasteiger partial charge in [0.25, 0.3) is 0 Å². The molecule has 0 aliphatic carbocycles. The lowest BCUT2D eigenvalue weighted by Crippen LogP contribution is -2.31. The minimum atomic E-state index is 0.292. The third-order valence-corrected chi connectivity index (χ3v) is 4.38.